The number of carbonyl (C=O) groups excluding carboxylic acids is 3. The summed E-state index contributed by atoms with van der Waals surface area (Å²) in [4.78, 5) is 37.6. The maximum absolute atomic E-state index is 12.9. The highest BCUT2D eigenvalue weighted by molar-refractivity contribution is 5.91. The highest BCUT2D eigenvalue weighted by Crippen LogP contribution is 2.61. The van der Waals surface area contributed by atoms with E-state index in [-0.39, 0.29) is 34.6 Å². The molecule has 0 N–H and O–H groups in total. The molecule has 1 fully saturated rings. The number of ether oxygens (including phenoxy) is 3. The van der Waals surface area contributed by atoms with E-state index in [0.29, 0.717) is 36.2 Å². The summed E-state index contributed by atoms with van der Waals surface area (Å²) in [6.45, 7) is 10.5. The molecule has 1 heterocycles. The minimum Gasteiger partial charge on any atom is -0.466 e. The van der Waals surface area contributed by atoms with E-state index >= 15 is 0 Å². The molecule has 2 aliphatic carbocycles. The van der Waals surface area contributed by atoms with Gasteiger partial charge in [0, 0.05) is 22.6 Å². The zero-order valence-electron chi connectivity index (χ0n) is 20.2. The number of cyclic esters (lactones) is 1. The van der Waals surface area contributed by atoms with Gasteiger partial charge in [-0.2, -0.15) is 0 Å². The Morgan fingerprint density at radius 3 is 2.56 bits per heavy atom. The van der Waals surface area contributed by atoms with Crippen LogP contribution in [0.3, 0.4) is 0 Å². The largest absolute Gasteiger partial charge is 0.466 e. The van der Waals surface area contributed by atoms with Crippen LogP contribution in [-0.2, 0) is 28.6 Å². The first kappa shape index (κ1) is 24.3. The Kier molecular flexibility index (Phi) is 7.01. The quantitative estimate of drug-likeness (QED) is 0.336. The van der Waals surface area contributed by atoms with Crippen LogP contribution in [0, 0.1) is 22.7 Å². The van der Waals surface area contributed by atoms with Gasteiger partial charge in [-0.15, -0.1) is 0 Å². The lowest BCUT2D eigenvalue weighted by Gasteiger charge is -2.58. The van der Waals surface area contributed by atoms with Crippen LogP contribution in [-0.4, -0.2) is 37.7 Å². The van der Waals surface area contributed by atoms with Crippen LogP contribution >= 0.6 is 0 Å². The topological polar surface area (TPSA) is 78.9 Å². The molecule has 4 atom stereocenters. The lowest BCUT2D eigenvalue weighted by atomic mass is 9.47. The number of carbonyl (C=O) groups is 3. The average Bonchev–Trinajstić information content (AvgIpc) is 3.15. The van der Waals surface area contributed by atoms with Gasteiger partial charge < -0.3 is 14.2 Å². The number of allylic oxidation sites excluding steroid dienone is 1. The molecule has 0 bridgehead atoms. The Morgan fingerprint density at radius 1 is 1.25 bits per heavy atom. The van der Waals surface area contributed by atoms with E-state index in [2.05, 4.69) is 20.8 Å². The molecule has 0 amide bonds. The van der Waals surface area contributed by atoms with Crippen molar-refractivity contribution in [3.63, 3.8) is 0 Å². The van der Waals surface area contributed by atoms with Crippen LogP contribution in [0.2, 0.25) is 0 Å². The van der Waals surface area contributed by atoms with Gasteiger partial charge in [-0.25, -0.2) is 14.4 Å². The molecule has 0 saturated heterocycles. The van der Waals surface area contributed by atoms with Gasteiger partial charge in [-0.1, -0.05) is 33.3 Å². The maximum atomic E-state index is 12.9. The molecule has 0 spiro atoms. The summed E-state index contributed by atoms with van der Waals surface area (Å²) in [7, 11) is 1.38. The van der Waals surface area contributed by atoms with Crippen molar-refractivity contribution >= 4 is 17.9 Å². The fraction of sp³-hybridized carbons (Fsp3) is 0.654. The lowest BCUT2D eigenvalue weighted by molar-refractivity contribution is -0.162. The Bertz CT molecular complexity index is 877. The minimum atomic E-state index is -0.515. The summed E-state index contributed by atoms with van der Waals surface area (Å²) < 4.78 is 16.2. The van der Waals surface area contributed by atoms with E-state index in [1.54, 1.807) is 19.9 Å². The van der Waals surface area contributed by atoms with Gasteiger partial charge in [0.15, 0.2) is 0 Å². The van der Waals surface area contributed by atoms with Gasteiger partial charge in [0.1, 0.15) is 12.7 Å². The molecule has 3 aliphatic rings. The summed E-state index contributed by atoms with van der Waals surface area (Å²) in [5.74, 6) is -1.10. The van der Waals surface area contributed by atoms with Crippen molar-refractivity contribution in [3.8, 4) is 0 Å². The maximum Gasteiger partial charge on any atom is 0.334 e. The van der Waals surface area contributed by atoms with Crippen LogP contribution < -0.4 is 0 Å². The molecular formula is C26H36O6. The summed E-state index contributed by atoms with van der Waals surface area (Å²) in [5.41, 5.74) is 1.40. The van der Waals surface area contributed by atoms with E-state index in [4.69, 9.17) is 14.2 Å². The first-order valence-electron chi connectivity index (χ1n) is 11.5. The Hall–Kier alpha value is -2.37. The van der Waals surface area contributed by atoms with Crippen molar-refractivity contribution < 1.29 is 28.6 Å². The SMILES string of the molecule is C/C=C(/C)C(=O)O[C@H]1C=C(C(=O)OC)[C@H](CCC2=CCOC2=O)[C@@]2(C)CCCC(C)(C)[C@H]12. The van der Waals surface area contributed by atoms with Crippen molar-refractivity contribution in [3.05, 3.63) is 34.9 Å². The number of methoxy groups -OCH3 is 1. The first-order valence-corrected chi connectivity index (χ1v) is 11.5. The summed E-state index contributed by atoms with van der Waals surface area (Å²) in [5, 5.41) is 0. The van der Waals surface area contributed by atoms with Gasteiger partial charge in [0.25, 0.3) is 0 Å². The molecule has 3 rings (SSSR count). The molecule has 0 radical (unpaired) electrons. The molecule has 0 aromatic carbocycles. The molecule has 0 aromatic heterocycles. The van der Waals surface area contributed by atoms with Gasteiger partial charge in [0.05, 0.1) is 7.11 Å². The average molecular weight is 445 g/mol. The van der Waals surface area contributed by atoms with Crippen molar-refractivity contribution in [2.45, 2.75) is 72.8 Å². The summed E-state index contributed by atoms with van der Waals surface area (Å²) in [6.07, 6.45) is 9.01. The summed E-state index contributed by atoms with van der Waals surface area (Å²) in [6, 6.07) is 0. The van der Waals surface area contributed by atoms with E-state index in [9.17, 15) is 14.4 Å². The number of rotatable bonds is 6. The fourth-order valence-corrected chi connectivity index (χ4v) is 6.23. The predicted molar refractivity (Wildman–Crippen MR) is 120 cm³/mol. The number of hydrogen-bond acceptors (Lipinski definition) is 6. The molecule has 6 heteroatoms. The molecule has 176 valence electrons. The Labute approximate surface area is 191 Å². The van der Waals surface area contributed by atoms with E-state index in [1.807, 2.05) is 12.2 Å². The van der Waals surface area contributed by atoms with Gasteiger partial charge in [-0.3, -0.25) is 0 Å². The molecular weight excluding hydrogens is 408 g/mol. The second-order valence-corrected chi connectivity index (χ2v) is 10.2. The first-order chi connectivity index (χ1) is 15.0. The standard InChI is InChI=1S/C26H36O6/c1-7-16(2)22(27)32-20-15-18(24(29)30-6)19(10-9-17-11-14-31-23(17)28)26(5)13-8-12-25(3,4)21(20)26/h7,11,15,19-21H,8-10,12-14H2,1-6H3/b16-7-/t19-,20-,21-,26+/m0/s1. The molecule has 1 aliphatic heterocycles. The smallest absolute Gasteiger partial charge is 0.334 e. The zero-order chi connectivity index (χ0) is 23.7. The zero-order valence-corrected chi connectivity index (χ0v) is 20.2. The third kappa shape index (κ3) is 4.41. The lowest BCUT2D eigenvalue weighted by Crippen LogP contribution is -2.56. The van der Waals surface area contributed by atoms with Crippen LogP contribution in [0.25, 0.3) is 0 Å². The van der Waals surface area contributed by atoms with E-state index < -0.39 is 12.1 Å². The van der Waals surface area contributed by atoms with Crippen molar-refractivity contribution in [2.24, 2.45) is 22.7 Å². The molecule has 0 aromatic rings. The molecule has 32 heavy (non-hydrogen) atoms. The van der Waals surface area contributed by atoms with Crippen molar-refractivity contribution in [1.29, 1.82) is 0 Å². The van der Waals surface area contributed by atoms with Gasteiger partial charge >= 0.3 is 17.9 Å². The molecule has 6 nitrogen and oxygen atoms in total. The fourth-order valence-electron chi connectivity index (χ4n) is 6.23. The predicted octanol–water partition coefficient (Wildman–Crippen LogP) is 4.69. The number of fused-ring (bicyclic) bond motifs is 1. The van der Waals surface area contributed by atoms with Gasteiger partial charge in [0.2, 0.25) is 0 Å². The van der Waals surface area contributed by atoms with Crippen LogP contribution in [0.1, 0.15) is 66.7 Å². The van der Waals surface area contributed by atoms with Crippen molar-refractivity contribution in [2.75, 3.05) is 13.7 Å². The van der Waals surface area contributed by atoms with Crippen LogP contribution in [0.15, 0.2) is 34.9 Å². The van der Waals surface area contributed by atoms with Gasteiger partial charge in [-0.05, 0) is 68.4 Å². The minimum absolute atomic E-state index is 0.0419. The third-order valence-corrected chi connectivity index (χ3v) is 7.86. The molecule has 1 saturated carbocycles. The second-order valence-electron chi connectivity index (χ2n) is 10.2. The van der Waals surface area contributed by atoms with E-state index in [1.165, 1.54) is 7.11 Å². The third-order valence-electron chi connectivity index (χ3n) is 7.86. The normalized spacial score (nSPS) is 31.8. The van der Waals surface area contributed by atoms with Crippen LogP contribution in [0.5, 0.6) is 0 Å². The monoisotopic (exact) mass is 444 g/mol. The number of esters is 3. The second kappa shape index (κ2) is 9.24. The van der Waals surface area contributed by atoms with Crippen LogP contribution in [0.4, 0.5) is 0 Å². The molecule has 0 unspecified atom stereocenters. The Balaban J connectivity index is 2.04. The summed E-state index contributed by atoms with van der Waals surface area (Å²) >= 11 is 0. The Morgan fingerprint density at radius 2 is 1.97 bits per heavy atom. The number of hydrogen-bond donors (Lipinski definition) is 0. The highest BCUT2D eigenvalue weighted by Gasteiger charge is 2.58. The van der Waals surface area contributed by atoms with Crippen molar-refractivity contribution in [1.82, 2.24) is 0 Å². The highest BCUT2D eigenvalue weighted by atomic mass is 16.5. The van der Waals surface area contributed by atoms with E-state index in [0.717, 1.165) is 19.3 Å².